The summed E-state index contributed by atoms with van der Waals surface area (Å²) < 4.78 is 2.40. The summed E-state index contributed by atoms with van der Waals surface area (Å²) in [6.45, 7) is 4.55. The first-order valence-corrected chi connectivity index (χ1v) is 16.9. The van der Waals surface area contributed by atoms with E-state index in [-0.39, 0.29) is 0 Å². The lowest BCUT2D eigenvalue weighted by atomic mass is 10.0. The van der Waals surface area contributed by atoms with Gasteiger partial charge in [-0.05, 0) is 131 Å². The number of nitrogens with zero attached hydrogens (tertiary/aromatic N) is 3. The van der Waals surface area contributed by atoms with Crippen molar-refractivity contribution in [2.45, 2.75) is 26.7 Å². The van der Waals surface area contributed by atoms with E-state index in [1.165, 1.54) is 78.6 Å². The molecule has 232 valence electrons. The highest BCUT2D eigenvalue weighted by atomic mass is 15.3. The van der Waals surface area contributed by atoms with Crippen molar-refractivity contribution >= 4 is 34.4 Å². The highest BCUT2D eigenvalue weighted by molar-refractivity contribution is 5.88. The molecule has 1 aromatic heterocycles. The number of para-hydroxylation sites is 2. The number of hydrogen-bond acceptors (Lipinski definition) is 2. The molecule has 3 nitrogen and oxygen atoms in total. The van der Waals surface area contributed by atoms with Crippen molar-refractivity contribution in [2.24, 2.45) is 7.05 Å². The molecule has 9 rings (SSSR count). The van der Waals surface area contributed by atoms with E-state index in [0.717, 1.165) is 24.2 Å². The fourth-order valence-corrected chi connectivity index (χ4v) is 8.06. The standard InChI is InChI=1S/C45H37N3/c1-30-31(2)45(48(37-18-8-5-9-19-37)39-23-25-43-35(29-39)27-33-15-11-13-21-41(33)43)46(3)44(30)47(36-16-6-4-7-17-36)38-22-24-42-34(28-38)26-32-14-10-12-20-40(32)42/h4-25,28-29H,26-27H2,1-3H3. The molecule has 3 heteroatoms. The van der Waals surface area contributed by atoms with Gasteiger partial charge < -0.3 is 4.57 Å². The molecule has 6 aromatic carbocycles. The Hall–Kier alpha value is -5.80. The highest BCUT2D eigenvalue weighted by Gasteiger charge is 2.29. The van der Waals surface area contributed by atoms with Gasteiger partial charge in [0.15, 0.2) is 0 Å². The zero-order valence-electron chi connectivity index (χ0n) is 27.6. The van der Waals surface area contributed by atoms with Gasteiger partial charge in [-0.2, -0.15) is 0 Å². The van der Waals surface area contributed by atoms with Crippen molar-refractivity contribution < 1.29 is 0 Å². The molecule has 0 saturated carbocycles. The van der Waals surface area contributed by atoms with Gasteiger partial charge in [0.05, 0.1) is 0 Å². The molecule has 0 atom stereocenters. The van der Waals surface area contributed by atoms with Crippen LogP contribution in [-0.2, 0) is 19.9 Å². The summed E-state index contributed by atoms with van der Waals surface area (Å²) in [6.07, 6.45) is 1.92. The molecule has 1 heterocycles. The maximum atomic E-state index is 2.44. The minimum atomic E-state index is 0.961. The van der Waals surface area contributed by atoms with E-state index < -0.39 is 0 Å². The summed E-state index contributed by atoms with van der Waals surface area (Å²) in [4.78, 5) is 4.88. The molecule has 2 aliphatic rings. The van der Waals surface area contributed by atoms with E-state index >= 15 is 0 Å². The zero-order valence-corrected chi connectivity index (χ0v) is 27.6. The van der Waals surface area contributed by atoms with Crippen molar-refractivity contribution in [3.05, 3.63) is 179 Å². The van der Waals surface area contributed by atoms with Crippen LogP contribution in [0.1, 0.15) is 33.4 Å². The lowest BCUT2D eigenvalue weighted by molar-refractivity contribution is 0.895. The molecule has 7 aromatic rings. The summed E-state index contributed by atoms with van der Waals surface area (Å²) in [5, 5.41) is 0. The summed E-state index contributed by atoms with van der Waals surface area (Å²) in [5.74, 6) is 2.33. The van der Waals surface area contributed by atoms with Crippen LogP contribution in [0, 0.1) is 13.8 Å². The summed E-state index contributed by atoms with van der Waals surface area (Å²) in [7, 11) is 2.23. The molecular formula is C45H37N3. The number of aromatic nitrogens is 1. The second kappa shape index (κ2) is 11.2. The maximum Gasteiger partial charge on any atom is 0.122 e. The van der Waals surface area contributed by atoms with Gasteiger partial charge in [0.25, 0.3) is 0 Å². The predicted octanol–water partition coefficient (Wildman–Crippen LogP) is 11.7. The van der Waals surface area contributed by atoms with Crippen LogP contribution in [0.2, 0.25) is 0 Å². The Morgan fingerprint density at radius 1 is 0.396 bits per heavy atom. The van der Waals surface area contributed by atoms with Gasteiger partial charge in [0.1, 0.15) is 11.6 Å². The van der Waals surface area contributed by atoms with Gasteiger partial charge in [-0.3, -0.25) is 9.80 Å². The van der Waals surface area contributed by atoms with Crippen LogP contribution in [0.5, 0.6) is 0 Å². The molecule has 0 fully saturated rings. The average molecular weight is 620 g/mol. The first-order valence-electron chi connectivity index (χ1n) is 16.9. The molecule has 0 aliphatic heterocycles. The normalized spacial score (nSPS) is 12.3. The van der Waals surface area contributed by atoms with E-state index in [4.69, 9.17) is 0 Å². The second-order valence-corrected chi connectivity index (χ2v) is 13.1. The van der Waals surface area contributed by atoms with Gasteiger partial charge in [0.2, 0.25) is 0 Å². The second-order valence-electron chi connectivity index (χ2n) is 13.1. The van der Waals surface area contributed by atoms with Crippen LogP contribution in [-0.4, -0.2) is 4.57 Å². The fraction of sp³-hybridized carbons (Fsp3) is 0.111. The zero-order chi connectivity index (χ0) is 32.4. The van der Waals surface area contributed by atoms with Crippen molar-refractivity contribution in [2.75, 3.05) is 9.80 Å². The monoisotopic (exact) mass is 619 g/mol. The van der Waals surface area contributed by atoms with E-state index in [1.807, 2.05) is 0 Å². The molecule has 0 saturated heterocycles. The number of rotatable bonds is 6. The Morgan fingerprint density at radius 3 is 1.21 bits per heavy atom. The van der Waals surface area contributed by atoms with Crippen molar-refractivity contribution in [3.8, 4) is 22.3 Å². The van der Waals surface area contributed by atoms with E-state index in [2.05, 4.69) is 181 Å². The van der Waals surface area contributed by atoms with Gasteiger partial charge in [-0.25, -0.2) is 0 Å². The molecule has 2 aliphatic carbocycles. The molecule has 0 radical (unpaired) electrons. The van der Waals surface area contributed by atoms with Crippen LogP contribution in [0.4, 0.5) is 34.4 Å². The van der Waals surface area contributed by atoms with E-state index in [1.54, 1.807) is 0 Å². The van der Waals surface area contributed by atoms with Gasteiger partial charge in [-0.15, -0.1) is 0 Å². The predicted molar refractivity (Wildman–Crippen MR) is 201 cm³/mol. The minimum Gasteiger partial charge on any atom is -0.316 e. The summed E-state index contributed by atoms with van der Waals surface area (Å²) in [6, 6.07) is 53.3. The SMILES string of the molecule is Cc1c(C)c(N(c2ccccc2)c2ccc3c(c2)Cc2ccccc2-3)n(C)c1N(c1ccccc1)c1ccc2c(c1)Cc1ccccc1-2. The minimum absolute atomic E-state index is 0.961. The number of benzene rings is 6. The summed E-state index contributed by atoms with van der Waals surface area (Å²) in [5.41, 5.74) is 18.1. The van der Waals surface area contributed by atoms with Crippen molar-refractivity contribution in [3.63, 3.8) is 0 Å². The maximum absolute atomic E-state index is 2.44. The number of fused-ring (bicyclic) bond motifs is 6. The molecule has 0 bridgehead atoms. The van der Waals surface area contributed by atoms with Gasteiger partial charge >= 0.3 is 0 Å². The molecule has 0 N–H and O–H groups in total. The Morgan fingerprint density at radius 2 is 0.771 bits per heavy atom. The number of anilines is 6. The van der Waals surface area contributed by atoms with Crippen LogP contribution in [0.3, 0.4) is 0 Å². The van der Waals surface area contributed by atoms with E-state index in [0.29, 0.717) is 0 Å². The number of hydrogen-bond donors (Lipinski definition) is 0. The van der Waals surface area contributed by atoms with Gasteiger partial charge in [0, 0.05) is 29.8 Å². The van der Waals surface area contributed by atoms with Crippen LogP contribution >= 0.6 is 0 Å². The van der Waals surface area contributed by atoms with Gasteiger partial charge in [-0.1, -0.05) is 97.1 Å². The van der Waals surface area contributed by atoms with Crippen LogP contribution < -0.4 is 9.80 Å². The first kappa shape index (κ1) is 28.4. The first-order chi connectivity index (χ1) is 23.6. The molecule has 0 amide bonds. The van der Waals surface area contributed by atoms with Crippen molar-refractivity contribution in [1.82, 2.24) is 4.57 Å². The highest BCUT2D eigenvalue weighted by Crippen LogP contribution is 2.48. The Bertz CT molecular complexity index is 2170. The van der Waals surface area contributed by atoms with Crippen molar-refractivity contribution in [1.29, 1.82) is 0 Å². The molecule has 48 heavy (non-hydrogen) atoms. The fourth-order valence-electron chi connectivity index (χ4n) is 8.06. The van der Waals surface area contributed by atoms with Crippen LogP contribution in [0.25, 0.3) is 22.3 Å². The van der Waals surface area contributed by atoms with Crippen LogP contribution in [0.15, 0.2) is 146 Å². The molecule has 0 unspecified atom stereocenters. The lowest BCUT2D eigenvalue weighted by Gasteiger charge is -2.30. The summed E-state index contributed by atoms with van der Waals surface area (Å²) >= 11 is 0. The third-order valence-electron chi connectivity index (χ3n) is 10.4. The Labute approximate surface area is 283 Å². The lowest BCUT2D eigenvalue weighted by Crippen LogP contribution is -2.18. The Kier molecular flexibility index (Phi) is 6.62. The third kappa shape index (κ3) is 4.42. The quantitative estimate of drug-likeness (QED) is 0.183. The third-order valence-corrected chi connectivity index (χ3v) is 10.4. The average Bonchev–Trinajstić information content (AvgIpc) is 3.76. The molecular weight excluding hydrogens is 583 g/mol. The molecule has 0 spiro atoms. The topological polar surface area (TPSA) is 11.4 Å². The largest absolute Gasteiger partial charge is 0.316 e. The van der Waals surface area contributed by atoms with E-state index in [9.17, 15) is 0 Å². The smallest absolute Gasteiger partial charge is 0.122 e. The Balaban J connectivity index is 1.21.